The molecule has 0 amide bonds. The average molecular weight is 340 g/mol. The minimum absolute atomic E-state index is 0.176. The summed E-state index contributed by atoms with van der Waals surface area (Å²) in [5, 5.41) is 3.35. The van der Waals surface area contributed by atoms with Crippen molar-refractivity contribution >= 4 is 15.9 Å². The van der Waals surface area contributed by atoms with Crippen LogP contribution in [0.1, 0.15) is 24.5 Å². The van der Waals surface area contributed by atoms with Crippen LogP contribution in [0.15, 0.2) is 16.6 Å². The number of rotatable bonds is 4. The van der Waals surface area contributed by atoms with Crippen LogP contribution in [0.2, 0.25) is 0 Å². The van der Waals surface area contributed by atoms with Gasteiger partial charge in [-0.15, -0.1) is 0 Å². The van der Waals surface area contributed by atoms with Crippen molar-refractivity contribution in [3.05, 3.63) is 27.7 Å². The van der Waals surface area contributed by atoms with Gasteiger partial charge in [0.15, 0.2) is 0 Å². The van der Waals surface area contributed by atoms with Gasteiger partial charge in [-0.2, -0.15) is 0 Å². The number of benzene rings is 1. The lowest BCUT2D eigenvalue weighted by Gasteiger charge is -2.32. The number of hydrogen-bond acceptors (Lipinski definition) is 3. The quantitative estimate of drug-likeness (QED) is 0.914. The van der Waals surface area contributed by atoms with Crippen LogP contribution in [-0.2, 0) is 17.6 Å². The van der Waals surface area contributed by atoms with Gasteiger partial charge in [0.05, 0.1) is 12.7 Å². The predicted octanol–water partition coefficient (Wildman–Crippen LogP) is 2.94. The maximum absolute atomic E-state index is 5.87. The van der Waals surface area contributed by atoms with Crippen LogP contribution in [-0.4, -0.2) is 32.9 Å². The number of hydrogen-bond donors (Lipinski definition) is 1. The first-order valence-corrected chi connectivity index (χ1v) is 8.14. The molecule has 2 aliphatic heterocycles. The molecule has 0 saturated carbocycles. The van der Waals surface area contributed by atoms with Crippen molar-refractivity contribution in [2.45, 2.75) is 32.3 Å². The van der Waals surface area contributed by atoms with E-state index in [-0.39, 0.29) is 11.5 Å². The maximum atomic E-state index is 5.87. The van der Waals surface area contributed by atoms with Crippen LogP contribution in [0.25, 0.3) is 0 Å². The molecule has 110 valence electrons. The second-order valence-electron chi connectivity index (χ2n) is 5.98. The molecule has 0 radical (unpaired) electrons. The first kappa shape index (κ1) is 14.4. The van der Waals surface area contributed by atoms with Crippen molar-refractivity contribution in [2.75, 3.05) is 26.8 Å². The third kappa shape index (κ3) is 2.49. The Morgan fingerprint density at radius 3 is 2.95 bits per heavy atom. The minimum atomic E-state index is 0.176. The summed E-state index contributed by atoms with van der Waals surface area (Å²) in [4.78, 5) is 0. The van der Waals surface area contributed by atoms with E-state index in [0.29, 0.717) is 0 Å². The summed E-state index contributed by atoms with van der Waals surface area (Å²) in [7, 11) is 2.02. The first-order chi connectivity index (χ1) is 9.64. The van der Waals surface area contributed by atoms with Gasteiger partial charge in [0.2, 0.25) is 0 Å². The molecule has 2 unspecified atom stereocenters. The lowest BCUT2D eigenvalue weighted by Crippen LogP contribution is -2.40. The van der Waals surface area contributed by atoms with Crippen molar-refractivity contribution in [2.24, 2.45) is 5.41 Å². The Balaban J connectivity index is 1.93. The average Bonchev–Trinajstić information content (AvgIpc) is 2.98. The van der Waals surface area contributed by atoms with Crippen molar-refractivity contribution in [3.8, 4) is 5.75 Å². The van der Waals surface area contributed by atoms with Crippen LogP contribution in [0.5, 0.6) is 5.75 Å². The lowest BCUT2D eigenvalue weighted by molar-refractivity contribution is 0.0637. The standard InChI is InChI=1S/C16H22BrNO2/c1-11-16(10-18-2,4-6-19-11)9-13-8-14(17)7-12-3-5-20-15(12)13/h7-8,11,18H,3-6,9-10H2,1-2H3. The van der Waals surface area contributed by atoms with E-state index in [9.17, 15) is 0 Å². The molecule has 1 N–H and O–H groups in total. The van der Waals surface area contributed by atoms with Gasteiger partial charge in [0.1, 0.15) is 5.75 Å². The van der Waals surface area contributed by atoms with Gasteiger partial charge in [-0.05, 0) is 50.1 Å². The SMILES string of the molecule is CNCC1(Cc2cc(Br)cc3c2OCC3)CCOC1C. The Hall–Kier alpha value is -0.580. The molecular formula is C16H22BrNO2. The highest BCUT2D eigenvalue weighted by Gasteiger charge is 2.41. The van der Waals surface area contributed by atoms with E-state index >= 15 is 0 Å². The topological polar surface area (TPSA) is 30.5 Å². The van der Waals surface area contributed by atoms with Crippen molar-refractivity contribution in [1.82, 2.24) is 5.32 Å². The number of ether oxygens (including phenoxy) is 2. The molecule has 1 aromatic carbocycles. The molecule has 0 aromatic heterocycles. The highest BCUT2D eigenvalue weighted by atomic mass is 79.9. The fraction of sp³-hybridized carbons (Fsp3) is 0.625. The van der Waals surface area contributed by atoms with Crippen LogP contribution in [0.3, 0.4) is 0 Å². The van der Waals surface area contributed by atoms with E-state index in [1.165, 1.54) is 11.1 Å². The molecule has 1 saturated heterocycles. The van der Waals surface area contributed by atoms with Gasteiger partial charge in [0.25, 0.3) is 0 Å². The largest absolute Gasteiger partial charge is 0.493 e. The molecule has 0 bridgehead atoms. The van der Waals surface area contributed by atoms with Gasteiger partial charge < -0.3 is 14.8 Å². The Morgan fingerprint density at radius 1 is 1.40 bits per heavy atom. The van der Waals surface area contributed by atoms with Gasteiger partial charge in [-0.25, -0.2) is 0 Å². The van der Waals surface area contributed by atoms with Crippen LogP contribution >= 0.6 is 15.9 Å². The molecule has 20 heavy (non-hydrogen) atoms. The molecule has 3 rings (SSSR count). The third-order valence-electron chi connectivity index (χ3n) is 4.73. The summed E-state index contributed by atoms with van der Waals surface area (Å²) in [6, 6.07) is 4.40. The van der Waals surface area contributed by atoms with Crippen LogP contribution < -0.4 is 10.1 Å². The molecule has 2 aliphatic rings. The van der Waals surface area contributed by atoms with Gasteiger partial charge in [0, 0.05) is 29.5 Å². The Bertz CT molecular complexity index is 505. The van der Waals surface area contributed by atoms with E-state index < -0.39 is 0 Å². The van der Waals surface area contributed by atoms with Gasteiger partial charge in [-0.1, -0.05) is 15.9 Å². The van der Waals surface area contributed by atoms with E-state index in [1.807, 2.05) is 7.05 Å². The third-order valence-corrected chi connectivity index (χ3v) is 5.18. The molecule has 1 aromatic rings. The van der Waals surface area contributed by atoms with Crippen LogP contribution in [0, 0.1) is 5.41 Å². The molecule has 0 spiro atoms. The lowest BCUT2D eigenvalue weighted by atomic mass is 9.76. The highest BCUT2D eigenvalue weighted by molar-refractivity contribution is 9.10. The number of halogens is 1. The summed E-state index contributed by atoms with van der Waals surface area (Å²) in [5.74, 6) is 1.11. The Labute approximate surface area is 129 Å². The smallest absolute Gasteiger partial charge is 0.125 e. The second-order valence-corrected chi connectivity index (χ2v) is 6.90. The van der Waals surface area contributed by atoms with E-state index in [2.05, 4.69) is 40.3 Å². The van der Waals surface area contributed by atoms with Crippen LogP contribution in [0.4, 0.5) is 0 Å². The van der Waals surface area contributed by atoms with Gasteiger partial charge >= 0.3 is 0 Å². The molecule has 4 heteroatoms. The summed E-state index contributed by atoms with van der Waals surface area (Å²) in [6.45, 7) is 4.85. The number of fused-ring (bicyclic) bond motifs is 1. The fourth-order valence-corrected chi connectivity index (χ4v) is 4.11. The molecule has 3 nitrogen and oxygen atoms in total. The Kier molecular flexibility index (Phi) is 4.07. The molecule has 2 heterocycles. The minimum Gasteiger partial charge on any atom is -0.493 e. The monoisotopic (exact) mass is 339 g/mol. The van der Waals surface area contributed by atoms with E-state index in [1.54, 1.807) is 0 Å². The normalized spacial score (nSPS) is 28.4. The predicted molar refractivity (Wildman–Crippen MR) is 83.4 cm³/mol. The molecular weight excluding hydrogens is 318 g/mol. The van der Waals surface area contributed by atoms with Crippen molar-refractivity contribution in [3.63, 3.8) is 0 Å². The molecule has 2 atom stereocenters. The summed E-state index contributed by atoms with van der Waals surface area (Å²) < 4.78 is 12.9. The molecule has 1 fully saturated rings. The highest BCUT2D eigenvalue weighted by Crippen LogP contribution is 2.42. The van der Waals surface area contributed by atoms with E-state index in [4.69, 9.17) is 9.47 Å². The maximum Gasteiger partial charge on any atom is 0.125 e. The summed E-state index contributed by atoms with van der Waals surface area (Å²) in [5.41, 5.74) is 2.83. The zero-order valence-electron chi connectivity index (χ0n) is 12.2. The number of nitrogens with one attached hydrogen (secondary N) is 1. The van der Waals surface area contributed by atoms with Gasteiger partial charge in [-0.3, -0.25) is 0 Å². The zero-order valence-corrected chi connectivity index (χ0v) is 13.8. The summed E-state index contributed by atoms with van der Waals surface area (Å²) >= 11 is 3.63. The van der Waals surface area contributed by atoms with Crippen molar-refractivity contribution < 1.29 is 9.47 Å². The second kappa shape index (κ2) is 5.66. The molecule has 0 aliphatic carbocycles. The van der Waals surface area contributed by atoms with E-state index in [0.717, 1.165) is 49.2 Å². The summed E-state index contributed by atoms with van der Waals surface area (Å²) in [6.07, 6.45) is 3.42. The zero-order chi connectivity index (χ0) is 14.2. The fourth-order valence-electron chi connectivity index (χ4n) is 3.55. The Morgan fingerprint density at radius 2 is 2.25 bits per heavy atom. The first-order valence-electron chi connectivity index (χ1n) is 7.35. The van der Waals surface area contributed by atoms with Crippen molar-refractivity contribution in [1.29, 1.82) is 0 Å².